The Kier molecular flexibility index (Phi) is 8.14. The zero-order valence-electron chi connectivity index (χ0n) is 19.5. The fourth-order valence-electron chi connectivity index (χ4n) is 3.14. The molecule has 0 radical (unpaired) electrons. The Hall–Kier alpha value is -3.43. The number of halogens is 2. The van der Waals surface area contributed by atoms with Crippen LogP contribution < -0.4 is 10.1 Å². The van der Waals surface area contributed by atoms with Gasteiger partial charge in [-0.3, -0.25) is 9.59 Å². The molecule has 186 valence electrons. The summed E-state index contributed by atoms with van der Waals surface area (Å²) in [5, 5.41) is 27.0. The molecule has 35 heavy (non-hydrogen) atoms. The number of aromatic nitrogens is 2. The number of aliphatic hydroxyl groups excluding tert-OH is 1. The highest BCUT2D eigenvalue weighted by molar-refractivity contribution is 6.30. The molecule has 3 aromatic rings. The van der Waals surface area contributed by atoms with E-state index in [2.05, 4.69) is 10.4 Å². The minimum absolute atomic E-state index is 0.0461. The van der Waals surface area contributed by atoms with Gasteiger partial charge >= 0.3 is 5.97 Å². The van der Waals surface area contributed by atoms with Crippen LogP contribution in [0.4, 0.5) is 4.39 Å². The van der Waals surface area contributed by atoms with Crippen molar-refractivity contribution in [3.63, 3.8) is 0 Å². The number of para-hydroxylation sites is 1. The fraction of sp³-hybridized carbons (Fsp3) is 0.320. The molecule has 0 fully saturated rings. The lowest BCUT2D eigenvalue weighted by molar-refractivity contribution is -0.137. The molecular weight excluding hydrogens is 477 g/mol. The summed E-state index contributed by atoms with van der Waals surface area (Å²) < 4.78 is 21.4. The van der Waals surface area contributed by atoms with Crippen LogP contribution in [0.3, 0.4) is 0 Å². The van der Waals surface area contributed by atoms with Crippen LogP contribution in [0.25, 0.3) is 5.69 Å². The molecule has 0 saturated carbocycles. The van der Waals surface area contributed by atoms with Gasteiger partial charge in [0.25, 0.3) is 5.91 Å². The number of benzene rings is 2. The Morgan fingerprint density at radius 1 is 1.17 bits per heavy atom. The predicted molar refractivity (Wildman–Crippen MR) is 128 cm³/mol. The number of aliphatic hydroxyl groups is 1. The molecule has 0 aliphatic rings. The third kappa shape index (κ3) is 6.80. The second kappa shape index (κ2) is 10.9. The van der Waals surface area contributed by atoms with E-state index in [1.165, 1.54) is 24.3 Å². The summed E-state index contributed by atoms with van der Waals surface area (Å²) in [6.07, 6.45) is -1.21. The SMILES string of the molecule is CC(C)(C)[C@@H](O)COc1cc(C(=O)NC(CC(=O)O)c2ccc(Cl)cc2)nn1-c1ccccc1F. The second-order valence-corrected chi connectivity index (χ2v) is 9.54. The number of ether oxygens (including phenoxy) is 1. The first-order valence-electron chi connectivity index (χ1n) is 10.9. The molecule has 1 aromatic heterocycles. The van der Waals surface area contributed by atoms with Crippen LogP contribution in [0, 0.1) is 11.2 Å². The molecule has 0 saturated heterocycles. The van der Waals surface area contributed by atoms with E-state index in [-0.39, 0.29) is 30.3 Å². The molecule has 2 aromatic carbocycles. The first-order chi connectivity index (χ1) is 16.5. The van der Waals surface area contributed by atoms with Gasteiger partial charge in [-0.25, -0.2) is 4.39 Å². The number of hydrogen-bond acceptors (Lipinski definition) is 5. The van der Waals surface area contributed by atoms with Crippen LogP contribution >= 0.6 is 11.6 Å². The monoisotopic (exact) mass is 503 g/mol. The number of hydrogen-bond donors (Lipinski definition) is 3. The number of nitrogens with zero attached hydrogens (tertiary/aromatic N) is 2. The van der Waals surface area contributed by atoms with Gasteiger partial charge in [-0.2, -0.15) is 9.78 Å². The summed E-state index contributed by atoms with van der Waals surface area (Å²) in [4.78, 5) is 24.4. The lowest BCUT2D eigenvalue weighted by atomic mass is 9.90. The number of nitrogens with one attached hydrogen (secondary N) is 1. The van der Waals surface area contributed by atoms with Gasteiger partial charge in [-0.05, 0) is 35.2 Å². The summed E-state index contributed by atoms with van der Waals surface area (Å²) in [7, 11) is 0. The molecule has 3 N–H and O–H groups in total. The predicted octanol–water partition coefficient (Wildman–Crippen LogP) is 4.40. The van der Waals surface area contributed by atoms with Crippen LogP contribution in [-0.4, -0.2) is 44.6 Å². The van der Waals surface area contributed by atoms with Gasteiger partial charge in [-0.15, -0.1) is 0 Å². The summed E-state index contributed by atoms with van der Waals surface area (Å²) in [6, 6.07) is 12.7. The molecule has 3 rings (SSSR count). The maximum atomic E-state index is 14.5. The maximum Gasteiger partial charge on any atom is 0.305 e. The van der Waals surface area contributed by atoms with E-state index in [1.807, 2.05) is 20.8 Å². The number of amides is 1. The topological polar surface area (TPSA) is 114 Å². The molecule has 10 heteroatoms. The van der Waals surface area contributed by atoms with Gasteiger partial charge < -0.3 is 20.3 Å². The third-order valence-electron chi connectivity index (χ3n) is 5.34. The highest BCUT2D eigenvalue weighted by Gasteiger charge is 2.26. The van der Waals surface area contributed by atoms with Crippen molar-refractivity contribution < 1.29 is 28.9 Å². The van der Waals surface area contributed by atoms with Crippen LogP contribution in [0.15, 0.2) is 54.6 Å². The van der Waals surface area contributed by atoms with Gasteiger partial charge in [0.1, 0.15) is 18.1 Å². The second-order valence-electron chi connectivity index (χ2n) is 9.10. The van der Waals surface area contributed by atoms with Crippen molar-refractivity contribution in [2.45, 2.75) is 39.3 Å². The van der Waals surface area contributed by atoms with E-state index < -0.39 is 35.3 Å². The summed E-state index contributed by atoms with van der Waals surface area (Å²) >= 11 is 5.92. The Balaban J connectivity index is 1.92. The van der Waals surface area contributed by atoms with E-state index >= 15 is 0 Å². The van der Waals surface area contributed by atoms with E-state index in [0.717, 1.165) is 4.68 Å². The highest BCUT2D eigenvalue weighted by atomic mass is 35.5. The van der Waals surface area contributed by atoms with Crippen molar-refractivity contribution in [2.75, 3.05) is 6.61 Å². The Morgan fingerprint density at radius 3 is 2.43 bits per heavy atom. The first kappa shape index (κ1) is 26.2. The average Bonchev–Trinajstić information content (AvgIpc) is 3.21. The quantitative estimate of drug-likeness (QED) is 0.399. The molecular formula is C25H27ClFN3O5. The summed E-state index contributed by atoms with van der Waals surface area (Å²) in [5.41, 5.74) is 0.0130. The highest BCUT2D eigenvalue weighted by Crippen LogP contribution is 2.26. The lowest BCUT2D eigenvalue weighted by Gasteiger charge is -2.25. The van der Waals surface area contributed by atoms with Crippen molar-refractivity contribution in [3.05, 3.63) is 76.7 Å². The molecule has 2 atom stereocenters. The Labute approximate surface area is 207 Å². The largest absolute Gasteiger partial charge is 0.481 e. The minimum atomic E-state index is -1.11. The zero-order valence-corrected chi connectivity index (χ0v) is 20.3. The standard InChI is InChI=1S/C25H27ClFN3O5/c1-25(2,3)21(31)14-35-22-12-19(29-30(22)20-7-5-4-6-17(20)27)24(34)28-18(13-23(32)33)15-8-10-16(26)11-9-15/h4-12,18,21,31H,13-14H2,1-3H3,(H,28,34)(H,32,33)/t18?,21-/m0/s1. The van der Waals surface area contributed by atoms with Crippen molar-refractivity contribution >= 4 is 23.5 Å². The van der Waals surface area contributed by atoms with E-state index in [9.17, 15) is 24.2 Å². The van der Waals surface area contributed by atoms with E-state index in [0.29, 0.717) is 10.6 Å². The van der Waals surface area contributed by atoms with E-state index in [1.54, 1.807) is 30.3 Å². The number of carboxylic acids is 1. The Bertz CT molecular complexity index is 1190. The van der Waals surface area contributed by atoms with Crippen molar-refractivity contribution in [3.8, 4) is 11.6 Å². The Morgan fingerprint density at radius 2 is 1.83 bits per heavy atom. The van der Waals surface area contributed by atoms with Crippen LogP contribution in [0.5, 0.6) is 5.88 Å². The molecule has 0 aliphatic heterocycles. The lowest BCUT2D eigenvalue weighted by Crippen LogP contribution is -2.32. The zero-order chi connectivity index (χ0) is 25.8. The summed E-state index contributed by atoms with van der Waals surface area (Å²) in [5.74, 6) is -2.33. The molecule has 1 unspecified atom stereocenters. The molecule has 8 nitrogen and oxygen atoms in total. The van der Waals surface area contributed by atoms with Crippen LogP contribution in [0.1, 0.15) is 49.3 Å². The summed E-state index contributed by atoms with van der Waals surface area (Å²) in [6.45, 7) is 5.41. The van der Waals surface area contributed by atoms with Gasteiger partial charge in [-0.1, -0.05) is 56.6 Å². The van der Waals surface area contributed by atoms with Gasteiger partial charge in [0.05, 0.1) is 18.6 Å². The smallest absolute Gasteiger partial charge is 0.305 e. The molecule has 0 aliphatic carbocycles. The molecule has 1 heterocycles. The van der Waals surface area contributed by atoms with Crippen LogP contribution in [-0.2, 0) is 4.79 Å². The van der Waals surface area contributed by atoms with Gasteiger partial charge in [0, 0.05) is 11.1 Å². The first-order valence-corrected chi connectivity index (χ1v) is 11.3. The molecule has 1 amide bonds. The van der Waals surface area contributed by atoms with Crippen molar-refractivity contribution in [1.82, 2.24) is 15.1 Å². The van der Waals surface area contributed by atoms with Crippen LogP contribution in [0.2, 0.25) is 5.02 Å². The number of carboxylic acid groups (broad SMARTS) is 1. The molecule has 0 bridgehead atoms. The third-order valence-corrected chi connectivity index (χ3v) is 5.59. The number of carbonyl (C=O) groups is 2. The number of aliphatic carboxylic acids is 1. The van der Waals surface area contributed by atoms with Gasteiger partial charge in [0.2, 0.25) is 5.88 Å². The minimum Gasteiger partial charge on any atom is -0.481 e. The van der Waals surface area contributed by atoms with Crippen molar-refractivity contribution in [2.24, 2.45) is 5.41 Å². The van der Waals surface area contributed by atoms with Crippen molar-refractivity contribution in [1.29, 1.82) is 0 Å². The molecule has 0 spiro atoms. The van der Waals surface area contributed by atoms with E-state index in [4.69, 9.17) is 16.3 Å². The number of carbonyl (C=O) groups excluding carboxylic acids is 1. The normalized spacial score (nSPS) is 13.2. The average molecular weight is 504 g/mol. The maximum absolute atomic E-state index is 14.5. The van der Waals surface area contributed by atoms with Gasteiger partial charge in [0.15, 0.2) is 5.69 Å². The number of rotatable bonds is 9. The fourth-order valence-corrected chi connectivity index (χ4v) is 3.27.